The zero-order chi connectivity index (χ0) is 16.2. The highest BCUT2D eigenvalue weighted by Crippen LogP contribution is 2.35. The second-order valence-corrected chi connectivity index (χ2v) is 7.52. The lowest BCUT2D eigenvalue weighted by Crippen LogP contribution is -2.52. The van der Waals surface area contributed by atoms with Crippen molar-refractivity contribution in [3.8, 4) is 12.3 Å². The van der Waals surface area contributed by atoms with E-state index in [9.17, 15) is 4.79 Å². The van der Waals surface area contributed by atoms with Gasteiger partial charge < -0.3 is 15.0 Å². The Morgan fingerprint density at radius 1 is 1.27 bits per heavy atom. The van der Waals surface area contributed by atoms with Gasteiger partial charge >= 0.3 is 6.09 Å². The molecule has 22 heavy (non-hydrogen) atoms. The summed E-state index contributed by atoms with van der Waals surface area (Å²) >= 11 is 0. The fourth-order valence-electron chi connectivity index (χ4n) is 3.84. The summed E-state index contributed by atoms with van der Waals surface area (Å²) in [5, 5.41) is 3.47. The third-order valence-electron chi connectivity index (χ3n) is 4.71. The van der Waals surface area contributed by atoms with Gasteiger partial charge in [0.1, 0.15) is 5.60 Å². The number of nitrogens with one attached hydrogen (secondary N) is 1. The summed E-state index contributed by atoms with van der Waals surface area (Å²) in [6.07, 6.45) is 12.1. The van der Waals surface area contributed by atoms with E-state index in [4.69, 9.17) is 11.2 Å². The molecule has 4 nitrogen and oxygen atoms in total. The maximum Gasteiger partial charge on any atom is 0.410 e. The van der Waals surface area contributed by atoms with Crippen LogP contribution in [0.2, 0.25) is 0 Å². The van der Waals surface area contributed by atoms with E-state index in [-0.39, 0.29) is 6.09 Å². The molecule has 0 spiro atoms. The lowest BCUT2D eigenvalue weighted by Gasteiger charge is -2.41. The van der Waals surface area contributed by atoms with Gasteiger partial charge in [-0.1, -0.05) is 12.3 Å². The van der Waals surface area contributed by atoms with Crippen molar-refractivity contribution in [3.63, 3.8) is 0 Å². The second-order valence-electron chi connectivity index (χ2n) is 7.52. The van der Waals surface area contributed by atoms with Crippen LogP contribution in [0.5, 0.6) is 0 Å². The monoisotopic (exact) mass is 306 g/mol. The SMILES string of the molecule is C#CCNC1CCCC1C1CCCCN1C(=O)OC(C)(C)C. The van der Waals surface area contributed by atoms with E-state index in [1.165, 1.54) is 19.3 Å². The molecule has 2 fully saturated rings. The molecule has 3 unspecified atom stereocenters. The van der Waals surface area contributed by atoms with E-state index >= 15 is 0 Å². The zero-order valence-corrected chi connectivity index (χ0v) is 14.2. The van der Waals surface area contributed by atoms with Crippen LogP contribution >= 0.6 is 0 Å². The molecule has 3 atom stereocenters. The summed E-state index contributed by atoms with van der Waals surface area (Å²) in [6.45, 7) is 7.21. The van der Waals surface area contributed by atoms with Crippen LogP contribution in [0.1, 0.15) is 59.3 Å². The minimum atomic E-state index is -0.435. The van der Waals surface area contributed by atoms with Crippen LogP contribution in [0.4, 0.5) is 4.79 Å². The second kappa shape index (κ2) is 7.37. The highest BCUT2D eigenvalue weighted by Gasteiger charge is 2.40. The van der Waals surface area contributed by atoms with Crippen molar-refractivity contribution >= 4 is 6.09 Å². The molecule has 1 saturated heterocycles. The number of carbonyl (C=O) groups excluding carboxylic acids is 1. The largest absolute Gasteiger partial charge is 0.444 e. The highest BCUT2D eigenvalue weighted by atomic mass is 16.6. The molecule has 124 valence electrons. The molecular formula is C18H30N2O2. The molecule has 1 N–H and O–H groups in total. The minimum absolute atomic E-state index is 0.153. The molecule has 2 rings (SSSR count). The smallest absolute Gasteiger partial charge is 0.410 e. The number of amides is 1. The summed E-state index contributed by atoms with van der Waals surface area (Å²) < 4.78 is 5.62. The van der Waals surface area contributed by atoms with E-state index in [1.807, 2.05) is 25.7 Å². The average Bonchev–Trinajstić information content (AvgIpc) is 2.91. The lowest BCUT2D eigenvalue weighted by atomic mass is 9.87. The maximum absolute atomic E-state index is 12.6. The third kappa shape index (κ3) is 4.39. The molecule has 1 aliphatic heterocycles. The molecule has 1 saturated carbocycles. The molecule has 0 aromatic carbocycles. The lowest BCUT2D eigenvalue weighted by molar-refractivity contribution is 0.0000149. The van der Waals surface area contributed by atoms with Crippen molar-refractivity contribution in [1.29, 1.82) is 0 Å². The van der Waals surface area contributed by atoms with Gasteiger partial charge in [-0.2, -0.15) is 0 Å². The number of terminal acetylenes is 1. The predicted molar refractivity (Wildman–Crippen MR) is 88.5 cm³/mol. The molecule has 1 aliphatic carbocycles. The first-order chi connectivity index (χ1) is 10.4. The predicted octanol–water partition coefficient (Wildman–Crippen LogP) is 3.17. The Hall–Kier alpha value is -1.21. The molecular weight excluding hydrogens is 276 g/mol. The van der Waals surface area contributed by atoms with Crippen molar-refractivity contribution in [1.82, 2.24) is 10.2 Å². The van der Waals surface area contributed by atoms with E-state index in [0.29, 0.717) is 24.5 Å². The number of rotatable bonds is 3. The molecule has 0 aromatic rings. The summed E-state index contributed by atoms with van der Waals surface area (Å²) in [5.41, 5.74) is -0.435. The third-order valence-corrected chi connectivity index (χ3v) is 4.71. The maximum atomic E-state index is 12.6. The fraction of sp³-hybridized carbons (Fsp3) is 0.833. The van der Waals surface area contributed by atoms with Crippen LogP contribution in [0.3, 0.4) is 0 Å². The van der Waals surface area contributed by atoms with Crippen molar-refractivity contribution < 1.29 is 9.53 Å². The highest BCUT2D eigenvalue weighted by molar-refractivity contribution is 5.68. The van der Waals surface area contributed by atoms with E-state index in [0.717, 1.165) is 25.8 Å². The Morgan fingerprint density at radius 2 is 2.05 bits per heavy atom. The van der Waals surface area contributed by atoms with Gasteiger partial charge in [-0.25, -0.2) is 4.79 Å². The molecule has 0 bridgehead atoms. The number of hydrogen-bond acceptors (Lipinski definition) is 3. The number of nitrogens with zero attached hydrogens (tertiary/aromatic N) is 1. The molecule has 4 heteroatoms. The van der Waals surface area contributed by atoms with Gasteiger partial charge in [-0.15, -0.1) is 6.42 Å². The van der Waals surface area contributed by atoms with E-state index in [2.05, 4.69) is 11.2 Å². The number of likely N-dealkylation sites (tertiary alicyclic amines) is 1. The summed E-state index contributed by atoms with van der Waals surface area (Å²) in [6, 6.07) is 0.727. The minimum Gasteiger partial charge on any atom is -0.444 e. The normalized spacial score (nSPS) is 29.2. The average molecular weight is 306 g/mol. The number of carbonyl (C=O) groups is 1. The molecule has 2 aliphatic rings. The van der Waals surface area contributed by atoms with Gasteiger partial charge in [0.15, 0.2) is 0 Å². The van der Waals surface area contributed by atoms with Crippen molar-refractivity contribution in [2.24, 2.45) is 5.92 Å². The first-order valence-corrected chi connectivity index (χ1v) is 8.59. The number of ether oxygens (including phenoxy) is 1. The van der Waals surface area contributed by atoms with Gasteiger partial charge in [0, 0.05) is 18.6 Å². The number of hydrogen-bond donors (Lipinski definition) is 1. The Kier molecular flexibility index (Phi) is 5.74. The summed E-state index contributed by atoms with van der Waals surface area (Å²) in [7, 11) is 0. The van der Waals surface area contributed by atoms with Gasteiger partial charge in [-0.05, 0) is 58.8 Å². The standard InChI is InChI=1S/C18H30N2O2/c1-5-12-19-15-10-8-9-14(15)16-11-6-7-13-20(16)17(21)22-18(2,3)4/h1,14-16,19H,6-13H2,2-4H3. The zero-order valence-electron chi connectivity index (χ0n) is 14.2. The van der Waals surface area contributed by atoms with Gasteiger partial charge in [0.05, 0.1) is 6.54 Å². The Balaban J connectivity index is 2.05. The molecule has 0 radical (unpaired) electrons. The fourth-order valence-corrected chi connectivity index (χ4v) is 3.84. The van der Waals surface area contributed by atoms with Crippen LogP contribution in [0.25, 0.3) is 0 Å². The first kappa shape index (κ1) is 17.1. The Bertz CT molecular complexity index is 422. The summed E-state index contributed by atoms with van der Waals surface area (Å²) in [5.74, 6) is 3.17. The van der Waals surface area contributed by atoms with Crippen LogP contribution in [0, 0.1) is 18.3 Å². The first-order valence-electron chi connectivity index (χ1n) is 8.59. The van der Waals surface area contributed by atoms with Gasteiger partial charge in [0.2, 0.25) is 0 Å². The topological polar surface area (TPSA) is 41.6 Å². The molecule has 0 aromatic heterocycles. The summed E-state index contributed by atoms with van der Waals surface area (Å²) in [4.78, 5) is 14.5. The molecule has 1 amide bonds. The van der Waals surface area contributed by atoms with E-state index < -0.39 is 5.60 Å². The quantitative estimate of drug-likeness (QED) is 0.814. The van der Waals surface area contributed by atoms with Crippen LogP contribution in [-0.4, -0.2) is 41.8 Å². The Labute approximate surface area is 135 Å². The van der Waals surface area contributed by atoms with Gasteiger partial charge in [0.25, 0.3) is 0 Å². The van der Waals surface area contributed by atoms with Gasteiger partial charge in [-0.3, -0.25) is 0 Å². The van der Waals surface area contributed by atoms with Crippen molar-refractivity contribution in [2.75, 3.05) is 13.1 Å². The number of piperidine rings is 1. The van der Waals surface area contributed by atoms with Crippen LogP contribution < -0.4 is 5.32 Å². The van der Waals surface area contributed by atoms with Crippen molar-refractivity contribution in [3.05, 3.63) is 0 Å². The Morgan fingerprint density at radius 3 is 2.73 bits per heavy atom. The molecule has 1 heterocycles. The van der Waals surface area contributed by atoms with Crippen molar-refractivity contribution in [2.45, 2.75) is 77.0 Å². The van der Waals surface area contributed by atoms with Crippen LogP contribution in [-0.2, 0) is 4.74 Å². The van der Waals surface area contributed by atoms with Crippen LogP contribution in [0.15, 0.2) is 0 Å². The van der Waals surface area contributed by atoms with E-state index in [1.54, 1.807) is 0 Å².